The third kappa shape index (κ3) is 3.16. The van der Waals surface area contributed by atoms with Crippen molar-refractivity contribution in [2.75, 3.05) is 24.3 Å². The Labute approximate surface area is 173 Å². The number of nitrogens with two attached hydrogens (primary N) is 2. The summed E-state index contributed by atoms with van der Waals surface area (Å²) < 4.78 is 5.70. The first kappa shape index (κ1) is 19.2. The van der Waals surface area contributed by atoms with Crippen molar-refractivity contribution in [3.8, 4) is 5.75 Å². The van der Waals surface area contributed by atoms with Crippen LogP contribution in [-0.2, 0) is 10.3 Å². The number of fused-ring (bicyclic) bond motifs is 1. The van der Waals surface area contributed by atoms with Gasteiger partial charge in [-0.05, 0) is 49.1 Å². The number of aliphatic imine (C=N–C) groups is 1. The number of methoxy groups -OCH3 is 1. The van der Waals surface area contributed by atoms with Gasteiger partial charge in [0, 0.05) is 22.0 Å². The van der Waals surface area contributed by atoms with E-state index in [1.807, 2.05) is 17.0 Å². The van der Waals surface area contributed by atoms with Crippen LogP contribution in [0.2, 0.25) is 0 Å². The van der Waals surface area contributed by atoms with Crippen molar-refractivity contribution in [2.45, 2.75) is 24.8 Å². The SMILES string of the molecule is COc1ccc(N2CC(Cl)=CC=C2C(N)=O)cc1[C@]12CCC[C@H]1CSC(N)=N2. The topological polar surface area (TPSA) is 93.9 Å². The number of carbonyl (C=O) groups excluding carboxylic acids is 1. The Bertz CT molecular complexity index is 913. The highest BCUT2D eigenvalue weighted by Crippen LogP contribution is 2.53. The molecule has 0 bridgehead atoms. The molecule has 6 nitrogen and oxygen atoms in total. The number of rotatable bonds is 4. The number of primary amides is 1. The smallest absolute Gasteiger partial charge is 0.265 e. The van der Waals surface area contributed by atoms with Gasteiger partial charge in [0.1, 0.15) is 11.4 Å². The molecule has 8 heteroatoms. The van der Waals surface area contributed by atoms with Gasteiger partial charge in [-0.3, -0.25) is 9.79 Å². The zero-order valence-corrected chi connectivity index (χ0v) is 17.2. The average Bonchev–Trinajstić information content (AvgIpc) is 3.11. The third-order valence-corrected chi connectivity index (χ3v) is 6.97. The van der Waals surface area contributed by atoms with Crippen LogP contribution in [-0.4, -0.2) is 30.5 Å². The zero-order valence-electron chi connectivity index (χ0n) is 15.7. The minimum absolute atomic E-state index is 0.386. The second-order valence-corrected chi connectivity index (χ2v) is 8.80. The van der Waals surface area contributed by atoms with E-state index in [2.05, 4.69) is 6.07 Å². The van der Waals surface area contributed by atoms with Gasteiger partial charge >= 0.3 is 0 Å². The number of halogens is 1. The molecule has 2 aliphatic heterocycles. The first-order valence-electron chi connectivity index (χ1n) is 9.25. The number of amides is 1. The Morgan fingerprint density at radius 3 is 3.00 bits per heavy atom. The molecule has 0 spiro atoms. The maximum Gasteiger partial charge on any atom is 0.265 e. The summed E-state index contributed by atoms with van der Waals surface area (Å²) in [6.45, 7) is 0.389. The highest BCUT2D eigenvalue weighted by molar-refractivity contribution is 8.13. The maximum absolute atomic E-state index is 12.0. The Morgan fingerprint density at radius 1 is 1.43 bits per heavy atom. The summed E-state index contributed by atoms with van der Waals surface area (Å²) in [6.07, 6.45) is 6.50. The molecule has 1 fully saturated rings. The van der Waals surface area contributed by atoms with Gasteiger partial charge in [-0.1, -0.05) is 29.8 Å². The summed E-state index contributed by atoms with van der Waals surface area (Å²) >= 11 is 7.86. The van der Waals surface area contributed by atoms with Crippen LogP contribution in [0.4, 0.5) is 5.69 Å². The van der Waals surface area contributed by atoms with Gasteiger partial charge in [-0.25, -0.2) is 0 Å². The van der Waals surface area contributed by atoms with E-state index in [1.165, 1.54) is 0 Å². The van der Waals surface area contributed by atoms with Crippen LogP contribution in [0.25, 0.3) is 0 Å². The molecule has 1 aromatic rings. The number of amidine groups is 1. The lowest BCUT2D eigenvalue weighted by Crippen LogP contribution is -2.37. The molecule has 1 aliphatic carbocycles. The second kappa shape index (κ2) is 7.37. The molecule has 4 N–H and O–H groups in total. The van der Waals surface area contributed by atoms with Crippen LogP contribution < -0.4 is 21.1 Å². The number of allylic oxidation sites excluding steroid dienone is 2. The number of nitrogens with zero attached hydrogens (tertiary/aromatic N) is 2. The summed E-state index contributed by atoms with van der Waals surface area (Å²) in [5, 5.41) is 1.25. The highest BCUT2D eigenvalue weighted by atomic mass is 35.5. The molecule has 0 aromatic heterocycles. The van der Waals surface area contributed by atoms with Gasteiger partial charge in [-0.15, -0.1) is 0 Å². The maximum atomic E-state index is 12.0. The summed E-state index contributed by atoms with van der Waals surface area (Å²) in [5.41, 5.74) is 13.6. The number of ether oxygens (including phenoxy) is 1. The van der Waals surface area contributed by atoms with Gasteiger partial charge in [0.25, 0.3) is 5.91 Å². The van der Waals surface area contributed by atoms with Gasteiger partial charge in [0.2, 0.25) is 0 Å². The molecular weight excluding hydrogens is 396 g/mol. The number of hydrogen-bond acceptors (Lipinski definition) is 6. The largest absolute Gasteiger partial charge is 0.496 e. The van der Waals surface area contributed by atoms with Crippen LogP contribution in [0, 0.1) is 5.92 Å². The average molecular weight is 419 g/mol. The summed E-state index contributed by atoms with van der Waals surface area (Å²) in [7, 11) is 1.67. The van der Waals surface area contributed by atoms with Crippen molar-refractivity contribution >= 4 is 40.1 Å². The fourth-order valence-electron chi connectivity index (χ4n) is 4.45. The van der Waals surface area contributed by atoms with Crippen LogP contribution in [0.5, 0.6) is 5.75 Å². The van der Waals surface area contributed by atoms with E-state index >= 15 is 0 Å². The summed E-state index contributed by atoms with van der Waals surface area (Å²) in [5.74, 6) is 1.64. The predicted molar refractivity (Wildman–Crippen MR) is 115 cm³/mol. The minimum atomic E-state index is -0.494. The Kier molecular flexibility index (Phi) is 5.05. The number of benzene rings is 1. The Hall–Kier alpha value is -2.12. The molecule has 1 aromatic carbocycles. The van der Waals surface area contributed by atoms with Crippen LogP contribution in [0.15, 0.2) is 46.1 Å². The fourth-order valence-corrected chi connectivity index (χ4v) is 5.68. The van der Waals surface area contributed by atoms with Crippen LogP contribution >= 0.6 is 23.4 Å². The lowest BCUT2D eigenvalue weighted by atomic mass is 9.80. The minimum Gasteiger partial charge on any atom is -0.496 e. The van der Waals surface area contributed by atoms with Crippen molar-refractivity contribution in [3.63, 3.8) is 0 Å². The standard InChI is InChI=1S/C20H23ClN4O2S/c1-27-17-7-5-14(25-10-13(21)4-6-16(25)18(22)26)9-15(17)20-8-2-3-12(20)11-28-19(23)24-20/h4-7,9,12H,2-3,8,10-11H2,1H3,(H2,22,26)(H2,23,24)/t12-,20-/m0/s1. The van der Waals surface area contributed by atoms with Crippen molar-refractivity contribution < 1.29 is 9.53 Å². The Balaban J connectivity index is 1.84. The zero-order chi connectivity index (χ0) is 19.9. The molecule has 3 aliphatic rings. The molecular formula is C20H23ClN4O2S. The van der Waals surface area contributed by atoms with Crippen molar-refractivity contribution in [1.29, 1.82) is 0 Å². The molecule has 0 radical (unpaired) electrons. The fraction of sp³-hybridized carbons (Fsp3) is 0.400. The van der Waals surface area contributed by atoms with E-state index in [0.717, 1.165) is 42.0 Å². The first-order chi connectivity index (χ1) is 13.4. The molecule has 2 atom stereocenters. The lowest BCUT2D eigenvalue weighted by Gasteiger charge is -2.37. The van der Waals surface area contributed by atoms with E-state index in [-0.39, 0.29) is 5.54 Å². The van der Waals surface area contributed by atoms with Gasteiger partial charge < -0.3 is 21.1 Å². The van der Waals surface area contributed by atoms with E-state index in [9.17, 15) is 4.79 Å². The monoisotopic (exact) mass is 418 g/mol. The quantitative estimate of drug-likeness (QED) is 0.783. The van der Waals surface area contributed by atoms with Crippen molar-refractivity contribution in [1.82, 2.24) is 0 Å². The molecule has 1 amide bonds. The Morgan fingerprint density at radius 2 is 2.25 bits per heavy atom. The number of carbonyl (C=O) groups is 1. The van der Waals surface area contributed by atoms with Gasteiger partial charge in [0.15, 0.2) is 5.17 Å². The van der Waals surface area contributed by atoms with Gasteiger partial charge in [-0.2, -0.15) is 0 Å². The van der Waals surface area contributed by atoms with Crippen LogP contribution in [0.1, 0.15) is 24.8 Å². The highest BCUT2D eigenvalue weighted by Gasteiger charge is 2.48. The van der Waals surface area contributed by atoms with E-state index in [0.29, 0.717) is 28.4 Å². The third-order valence-electron chi connectivity index (χ3n) is 5.76. The van der Waals surface area contributed by atoms with E-state index in [4.69, 9.17) is 32.8 Å². The number of hydrogen-bond donors (Lipinski definition) is 2. The molecule has 4 rings (SSSR count). The second-order valence-electron chi connectivity index (χ2n) is 7.27. The van der Waals surface area contributed by atoms with E-state index in [1.54, 1.807) is 31.0 Å². The van der Waals surface area contributed by atoms with Gasteiger partial charge in [0.05, 0.1) is 19.2 Å². The molecule has 0 saturated heterocycles. The summed E-state index contributed by atoms with van der Waals surface area (Å²) in [6, 6.07) is 5.89. The molecule has 2 heterocycles. The lowest BCUT2D eigenvalue weighted by molar-refractivity contribution is -0.114. The van der Waals surface area contributed by atoms with Crippen molar-refractivity contribution in [2.24, 2.45) is 22.4 Å². The predicted octanol–water partition coefficient (Wildman–Crippen LogP) is 3.06. The number of anilines is 1. The molecule has 0 unspecified atom stereocenters. The molecule has 1 saturated carbocycles. The van der Waals surface area contributed by atoms with Crippen molar-refractivity contribution in [3.05, 3.63) is 46.6 Å². The van der Waals surface area contributed by atoms with E-state index < -0.39 is 5.91 Å². The normalized spacial score (nSPS) is 26.9. The molecule has 148 valence electrons. The molecule has 28 heavy (non-hydrogen) atoms. The number of thioether (sulfide) groups is 1. The summed E-state index contributed by atoms with van der Waals surface area (Å²) in [4.78, 5) is 18.7. The van der Waals surface area contributed by atoms with Crippen LogP contribution in [0.3, 0.4) is 0 Å². The first-order valence-corrected chi connectivity index (χ1v) is 10.6.